The van der Waals surface area contributed by atoms with Crippen LogP contribution in [0.2, 0.25) is 0 Å². The van der Waals surface area contributed by atoms with Gasteiger partial charge in [-0.25, -0.2) is 4.39 Å². The van der Waals surface area contributed by atoms with Gasteiger partial charge in [-0.3, -0.25) is 19.5 Å². The molecule has 13 heteroatoms. The van der Waals surface area contributed by atoms with Crippen molar-refractivity contribution in [3.63, 3.8) is 0 Å². The number of aromatic nitrogens is 3. The molecule has 1 heterocycles. The van der Waals surface area contributed by atoms with Crippen LogP contribution in [0.4, 0.5) is 23.2 Å². The maximum atomic E-state index is 13.5. The summed E-state index contributed by atoms with van der Waals surface area (Å²) in [6.07, 6.45) is -4.47. The molecule has 1 amide bonds. The number of carbonyl (C=O) groups is 1. The van der Waals surface area contributed by atoms with Gasteiger partial charge in [0.05, 0.1) is 17.0 Å². The third kappa shape index (κ3) is 6.17. The van der Waals surface area contributed by atoms with Crippen LogP contribution in [-0.4, -0.2) is 25.6 Å². The second-order valence-electron chi connectivity index (χ2n) is 8.14. The SMILES string of the molecule is Cc1ccc(C(=O)NCc2nnc(SCc3cccc(C(F)(F)F)c3)n2-c2ccc(F)cc2)cc1[N+](=O)[O-]. The molecule has 0 radical (unpaired) electrons. The Hall–Kier alpha value is -4.26. The summed E-state index contributed by atoms with van der Waals surface area (Å²) < 4.78 is 54.3. The fraction of sp³-hybridized carbons (Fsp3) is 0.160. The van der Waals surface area contributed by atoms with Crippen molar-refractivity contribution in [2.75, 3.05) is 0 Å². The van der Waals surface area contributed by atoms with E-state index in [0.717, 1.165) is 23.9 Å². The van der Waals surface area contributed by atoms with Crippen molar-refractivity contribution in [1.82, 2.24) is 20.1 Å². The molecule has 0 fully saturated rings. The highest BCUT2D eigenvalue weighted by atomic mass is 32.2. The van der Waals surface area contributed by atoms with Crippen LogP contribution >= 0.6 is 11.8 Å². The minimum atomic E-state index is -4.47. The number of rotatable bonds is 8. The molecule has 8 nitrogen and oxygen atoms in total. The highest BCUT2D eigenvalue weighted by Crippen LogP contribution is 2.31. The van der Waals surface area contributed by atoms with Crippen LogP contribution in [-0.2, 0) is 18.5 Å². The molecule has 3 aromatic carbocycles. The van der Waals surface area contributed by atoms with Crippen LogP contribution in [0, 0.1) is 22.9 Å². The van der Waals surface area contributed by atoms with E-state index in [-0.39, 0.29) is 29.4 Å². The lowest BCUT2D eigenvalue weighted by Gasteiger charge is -2.12. The van der Waals surface area contributed by atoms with E-state index < -0.39 is 28.4 Å². The summed E-state index contributed by atoms with van der Waals surface area (Å²) in [6, 6.07) is 14.4. The molecule has 0 aliphatic carbocycles. The zero-order valence-electron chi connectivity index (χ0n) is 19.7. The molecular formula is C25H19F4N5O3S. The van der Waals surface area contributed by atoms with E-state index in [2.05, 4.69) is 15.5 Å². The Labute approximate surface area is 217 Å². The molecule has 1 aromatic heterocycles. The molecule has 196 valence electrons. The number of halogens is 4. The lowest BCUT2D eigenvalue weighted by molar-refractivity contribution is -0.385. The van der Waals surface area contributed by atoms with Crippen molar-refractivity contribution in [3.05, 3.63) is 111 Å². The summed E-state index contributed by atoms with van der Waals surface area (Å²) in [5, 5.41) is 22.4. The first-order valence-electron chi connectivity index (χ1n) is 11.1. The van der Waals surface area contributed by atoms with Crippen LogP contribution in [0.3, 0.4) is 0 Å². The van der Waals surface area contributed by atoms with Gasteiger partial charge in [0.15, 0.2) is 11.0 Å². The number of nitro benzene ring substituents is 1. The summed E-state index contributed by atoms with van der Waals surface area (Å²) >= 11 is 1.12. The molecule has 0 unspecified atom stereocenters. The zero-order chi connectivity index (χ0) is 27.4. The largest absolute Gasteiger partial charge is 0.416 e. The quantitative estimate of drug-likeness (QED) is 0.129. The first-order chi connectivity index (χ1) is 18.0. The van der Waals surface area contributed by atoms with Crippen molar-refractivity contribution in [2.45, 2.75) is 30.6 Å². The summed E-state index contributed by atoms with van der Waals surface area (Å²) in [7, 11) is 0. The molecule has 4 aromatic rings. The molecule has 4 rings (SSSR count). The molecule has 0 atom stereocenters. The van der Waals surface area contributed by atoms with Gasteiger partial charge in [0, 0.05) is 28.6 Å². The van der Waals surface area contributed by atoms with Crippen molar-refractivity contribution < 1.29 is 27.3 Å². The van der Waals surface area contributed by atoms with E-state index in [1.54, 1.807) is 17.6 Å². The van der Waals surface area contributed by atoms with E-state index in [9.17, 15) is 32.5 Å². The third-order valence-electron chi connectivity index (χ3n) is 5.48. The molecule has 0 aliphatic heterocycles. The summed E-state index contributed by atoms with van der Waals surface area (Å²) in [4.78, 5) is 23.3. The van der Waals surface area contributed by atoms with Crippen molar-refractivity contribution in [1.29, 1.82) is 0 Å². The maximum absolute atomic E-state index is 13.5. The average molecular weight is 546 g/mol. The molecule has 38 heavy (non-hydrogen) atoms. The maximum Gasteiger partial charge on any atom is 0.416 e. The van der Waals surface area contributed by atoms with Gasteiger partial charge in [0.2, 0.25) is 0 Å². The van der Waals surface area contributed by atoms with Gasteiger partial charge in [-0.1, -0.05) is 36.0 Å². The van der Waals surface area contributed by atoms with E-state index in [0.29, 0.717) is 22.0 Å². The first kappa shape index (κ1) is 26.8. The Morgan fingerprint density at radius 3 is 2.50 bits per heavy atom. The number of aryl methyl sites for hydroxylation is 1. The van der Waals surface area contributed by atoms with Gasteiger partial charge in [-0.2, -0.15) is 13.2 Å². The van der Waals surface area contributed by atoms with Crippen LogP contribution in [0.5, 0.6) is 0 Å². The Balaban J connectivity index is 1.57. The Kier molecular flexibility index (Phi) is 7.76. The number of hydrogen-bond acceptors (Lipinski definition) is 6. The number of nitro groups is 1. The van der Waals surface area contributed by atoms with E-state index >= 15 is 0 Å². The number of thioether (sulfide) groups is 1. The van der Waals surface area contributed by atoms with Crippen LogP contribution < -0.4 is 5.32 Å². The molecule has 0 bridgehead atoms. The number of carbonyl (C=O) groups excluding carboxylic acids is 1. The van der Waals surface area contributed by atoms with Crippen LogP contribution in [0.15, 0.2) is 71.9 Å². The fourth-order valence-electron chi connectivity index (χ4n) is 3.55. The van der Waals surface area contributed by atoms with Gasteiger partial charge < -0.3 is 5.32 Å². The number of benzene rings is 3. The highest BCUT2D eigenvalue weighted by molar-refractivity contribution is 7.98. The zero-order valence-corrected chi connectivity index (χ0v) is 20.5. The predicted molar refractivity (Wildman–Crippen MR) is 131 cm³/mol. The van der Waals surface area contributed by atoms with Crippen molar-refractivity contribution in [2.24, 2.45) is 0 Å². The topological polar surface area (TPSA) is 103 Å². The Bertz CT molecular complexity index is 1490. The minimum Gasteiger partial charge on any atom is -0.345 e. The second kappa shape index (κ2) is 11.0. The number of nitrogens with zero attached hydrogens (tertiary/aromatic N) is 4. The van der Waals surface area contributed by atoms with Gasteiger partial charge in [0.1, 0.15) is 5.82 Å². The summed E-state index contributed by atoms with van der Waals surface area (Å²) in [6.45, 7) is 1.43. The number of hydrogen-bond donors (Lipinski definition) is 1. The average Bonchev–Trinajstić information content (AvgIpc) is 3.29. The van der Waals surface area contributed by atoms with Gasteiger partial charge >= 0.3 is 6.18 Å². The minimum absolute atomic E-state index is 0.0780. The Morgan fingerprint density at radius 2 is 1.82 bits per heavy atom. The molecule has 0 saturated carbocycles. The van der Waals surface area contributed by atoms with Gasteiger partial charge in [-0.15, -0.1) is 10.2 Å². The third-order valence-corrected chi connectivity index (χ3v) is 6.48. The predicted octanol–water partition coefficient (Wildman–Crippen LogP) is 5.86. The molecular weight excluding hydrogens is 526 g/mol. The molecule has 1 N–H and O–H groups in total. The highest BCUT2D eigenvalue weighted by Gasteiger charge is 2.30. The van der Waals surface area contributed by atoms with Gasteiger partial charge in [-0.05, 0) is 48.9 Å². The lowest BCUT2D eigenvalue weighted by Crippen LogP contribution is -2.24. The van der Waals surface area contributed by atoms with Crippen LogP contribution in [0.1, 0.15) is 32.9 Å². The standard InChI is InChI=1S/C25H19F4N5O3S/c1-15-5-6-17(12-21(15)34(36)37)23(35)30-13-22-31-32-24(33(22)20-9-7-19(26)8-10-20)38-14-16-3-2-4-18(11-16)25(27,28)29/h2-12H,13-14H2,1H3,(H,30,35). The van der Waals surface area contributed by atoms with E-state index in [1.165, 1.54) is 48.5 Å². The number of nitrogens with one attached hydrogen (secondary N) is 1. The van der Waals surface area contributed by atoms with E-state index in [1.807, 2.05) is 0 Å². The smallest absolute Gasteiger partial charge is 0.345 e. The number of alkyl halides is 3. The fourth-order valence-corrected chi connectivity index (χ4v) is 4.47. The summed E-state index contributed by atoms with van der Waals surface area (Å²) in [5.41, 5.74) is 0.405. The molecule has 0 spiro atoms. The monoisotopic (exact) mass is 545 g/mol. The Morgan fingerprint density at radius 1 is 1.08 bits per heavy atom. The first-order valence-corrected chi connectivity index (χ1v) is 12.0. The summed E-state index contributed by atoms with van der Waals surface area (Å²) in [5.74, 6) is -0.656. The van der Waals surface area contributed by atoms with Crippen molar-refractivity contribution >= 4 is 23.4 Å². The molecule has 0 saturated heterocycles. The molecule has 0 aliphatic rings. The van der Waals surface area contributed by atoms with Crippen LogP contribution in [0.25, 0.3) is 5.69 Å². The van der Waals surface area contributed by atoms with E-state index in [4.69, 9.17) is 0 Å². The second-order valence-corrected chi connectivity index (χ2v) is 9.08. The number of amides is 1. The normalized spacial score (nSPS) is 11.4. The van der Waals surface area contributed by atoms with Gasteiger partial charge in [0.25, 0.3) is 11.6 Å². The lowest BCUT2D eigenvalue weighted by atomic mass is 10.1. The van der Waals surface area contributed by atoms with Crippen molar-refractivity contribution in [3.8, 4) is 5.69 Å².